The first-order valence-corrected chi connectivity index (χ1v) is 6.81. The van der Waals surface area contributed by atoms with E-state index in [1.54, 1.807) is 12.1 Å². The highest BCUT2D eigenvalue weighted by Gasteiger charge is 2.28. The number of amides is 1. The number of benzene rings is 1. The van der Waals surface area contributed by atoms with E-state index in [4.69, 9.17) is 0 Å². The number of hydrogen-bond donors (Lipinski definition) is 1. The summed E-state index contributed by atoms with van der Waals surface area (Å²) in [5.74, 6) is -0.452. The number of halogens is 1. The molecule has 1 aromatic heterocycles. The fourth-order valence-corrected chi connectivity index (χ4v) is 2.63. The lowest BCUT2D eigenvalue weighted by molar-refractivity contribution is 0.102. The first-order valence-electron chi connectivity index (χ1n) is 6.81. The van der Waals surface area contributed by atoms with Gasteiger partial charge in [0.15, 0.2) is 0 Å². The number of aromatic nitrogens is 1. The van der Waals surface area contributed by atoms with Crippen LogP contribution < -0.4 is 5.32 Å². The minimum absolute atomic E-state index is 0.142. The summed E-state index contributed by atoms with van der Waals surface area (Å²) < 4.78 is 15.1. The molecule has 2 aromatic rings. The van der Waals surface area contributed by atoms with E-state index in [1.165, 1.54) is 25.0 Å². The second kappa shape index (κ2) is 4.78. The van der Waals surface area contributed by atoms with Crippen LogP contribution in [0.1, 0.15) is 40.6 Å². The van der Waals surface area contributed by atoms with Crippen LogP contribution in [0.2, 0.25) is 0 Å². The Morgan fingerprint density at radius 2 is 1.90 bits per heavy atom. The van der Waals surface area contributed by atoms with Crippen LogP contribution in [0.3, 0.4) is 0 Å². The molecule has 1 N–H and O–H groups in total. The first kappa shape index (κ1) is 12.9. The molecule has 1 amide bonds. The van der Waals surface area contributed by atoms with Crippen LogP contribution in [0, 0.1) is 19.7 Å². The highest BCUT2D eigenvalue weighted by molar-refractivity contribution is 6.05. The molecule has 0 unspecified atom stereocenters. The highest BCUT2D eigenvalue weighted by atomic mass is 19.1. The van der Waals surface area contributed by atoms with E-state index in [0.29, 0.717) is 17.3 Å². The number of nitrogens with zero attached hydrogens (tertiary/aromatic N) is 1. The molecule has 1 aliphatic carbocycles. The van der Waals surface area contributed by atoms with Gasteiger partial charge in [-0.3, -0.25) is 4.79 Å². The zero-order valence-corrected chi connectivity index (χ0v) is 11.6. The molecule has 4 heteroatoms. The second-order valence-corrected chi connectivity index (χ2v) is 5.35. The summed E-state index contributed by atoms with van der Waals surface area (Å²) in [4.78, 5) is 12.3. The predicted molar refractivity (Wildman–Crippen MR) is 76.5 cm³/mol. The Balaban J connectivity index is 1.83. The lowest BCUT2D eigenvalue weighted by atomic mass is 10.2. The van der Waals surface area contributed by atoms with Gasteiger partial charge in [-0.05, 0) is 57.0 Å². The van der Waals surface area contributed by atoms with Crippen LogP contribution in [0.25, 0.3) is 0 Å². The standard InChI is InChI=1S/C16H17FN2O/c1-10-9-15(11(2)19(10)14-7-8-14)16(20)18-13-5-3-12(17)4-6-13/h3-6,9,14H,7-8H2,1-2H3,(H,18,20). The molecule has 0 radical (unpaired) electrons. The highest BCUT2D eigenvalue weighted by Crippen LogP contribution is 2.38. The summed E-state index contributed by atoms with van der Waals surface area (Å²) in [6.07, 6.45) is 2.38. The zero-order valence-electron chi connectivity index (χ0n) is 11.6. The molecular formula is C16H17FN2O. The molecule has 1 saturated carbocycles. The minimum Gasteiger partial charge on any atom is -0.345 e. The van der Waals surface area contributed by atoms with Gasteiger partial charge in [-0.25, -0.2) is 4.39 Å². The Morgan fingerprint density at radius 1 is 1.25 bits per heavy atom. The molecule has 0 atom stereocenters. The molecule has 20 heavy (non-hydrogen) atoms. The van der Waals surface area contributed by atoms with Gasteiger partial charge in [0.1, 0.15) is 5.82 Å². The number of carbonyl (C=O) groups excluding carboxylic acids is 1. The van der Waals surface area contributed by atoms with Crippen molar-refractivity contribution >= 4 is 11.6 Å². The monoisotopic (exact) mass is 272 g/mol. The molecule has 1 aliphatic rings. The van der Waals surface area contributed by atoms with Crippen molar-refractivity contribution in [3.63, 3.8) is 0 Å². The van der Waals surface area contributed by atoms with Crippen molar-refractivity contribution in [3.05, 3.63) is 53.1 Å². The Morgan fingerprint density at radius 3 is 2.50 bits per heavy atom. The largest absolute Gasteiger partial charge is 0.345 e. The van der Waals surface area contributed by atoms with E-state index >= 15 is 0 Å². The fourth-order valence-electron chi connectivity index (χ4n) is 2.63. The molecular weight excluding hydrogens is 255 g/mol. The third-order valence-corrected chi connectivity index (χ3v) is 3.74. The van der Waals surface area contributed by atoms with Crippen LogP contribution in [0.5, 0.6) is 0 Å². The first-order chi connectivity index (χ1) is 9.56. The summed E-state index contributed by atoms with van der Waals surface area (Å²) in [7, 11) is 0. The number of hydrogen-bond acceptors (Lipinski definition) is 1. The minimum atomic E-state index is -0.310. The van der Waals surface area contributed by atoms with Crippen molar-refractivity contribution in [1.29, 1.82) is 0 Å². The van der Waals surface area contributed by atoms with Crippen molar-refractivity contribution in [1.82, 2.24) is 4.57 Å². The third kappa shape index (κ3) is 2.33. The van der Waals surface area contributed by atoms with E-state index in [2.05, 4.69) is 9.88 Å². The van der Waals surface area contributed by atoms with Crippen LogP contribution >= 0.6 is 0 Å². The average molecular weight is 272 g/mol. The smallest absolute Gasteiger partial charge is 0.257 e. The van der Waals surface area contributed by atoms with Gasteiger partial charge in [0, 0.05) is 23.1 Å². The van der Waals surface area contributed by atoms with Gasteiger partial charge in [-0.15, -0.1) is 0 Å². The summed E-state index contributed by atoms with van der Waals surface area (Å²) in [5, 5.41) is 2.81. The average Bonchev–Trinajstić information content (AvgIpc) is 3.19. The number of anilines is 1. The summed E-state index contributed by atoms with van der Waals surface area (Å²) in [6, 6.07) is 8.28. The number of aryl methyl sites for hydroxylation is 1. The number of nitrogens with one attached hydrogen (secondary N) is 1. The molecule has 0 bridgehead atoms. The molecule has 1 fully saturated rings. The Hall–Kier alpha value is -2.10. The lowest BCUT2D eigenvalue weighted by Crippen LogP contribution is -2.13. The number of rotatable bonds is 3. The zero-order chi connectivity index (χ0) is 14.3. The molecule has 1 aromatic carbocycles. The van der Waals surface area contributed by atoms with Crippen LogP contribution in [0.4, 0.5) is 10.1 Å². The molecule has 0 saturated heterocycles. The van der Waals surface area contributed by atoms with Crippen LogP contribution in [0.15, 0.2) is 30.3 Å². The van der Waals surface area contributed by atoms with E-state index in [-0.39, 0.29) is 11.7 Å². The normalized spacial score (nSPS) is 14.3. The van der Waals surface area contributed by atoms with E-state index in [1.807, 2.05) is 19.9 Å². The quantitative estimate of drug-likeness (QED) is 0.905. The Labute approximate surface area is 117 Å². The van der Waals surface area contributed by atoms with Crippen LogP contribution in [-0.2, 0) is 0 Å². The molecule has 104 valence electrons. The second-order valence-electron chi connectivity index (χ2n) is 5.35. The molecule has 0 aliphatic heterocycles. The Kier molecular flexibility index (Phi) is 3.08. The fraction of sp³-hybridized carbons (Fsp3) is 0.312. The van der Waals surface area contributed by atoms with Gasteiger partial charge in [0.05, 0.1) is 5.56 Å². The molecule has 1 heterocycles. The van der Waals surface area contributed by atoms with Crippen molar-refractivity contribution in [3.8, 4) is 0 Å². The maximum Gasteiger partial charge on any atom is 0.257 e. The summed E-state index contributed by atoms with van der Waals surface area (Å²) in [5.41, 5.74) is 3.42. The number of carbonyl (C=O) groups is 1. The molecule has 3 rings (SSSR count). The third-order valence-electron chi connectivity index (χ3n) is 3.74. The van der Waals surface area contributed by atoms with Gasteiger partial charge in [-0.2, -0.15) is 0 Å². The van der Waals surface area contributed by atoms with Gasteiger partial charge in [0.25, 0.3) is 5.91 Å². The molecule has 0 spiro atoms. The van der Waals surface area contributed by atoms with E-state index in [9.17, 15) is 9.18 Å². The van der Waals surface area contributed by atoms with Crippen molar-refractivity contribution in [2.45, 2.75) is 32.7 Å². The maximum atomic E-state index is 12.8. The van der Waals surface area contributed by atoms with E-state index < -0.39 is 0 Å². The predicted octanol–water partition coefficient (Wildman–Crippen LogP) is 3.83. The van der Waals surface area contributed by atoms with Crippen LogP contribution in [-0.4, -0.2) is 10.5 Å². The van der Waals surface area contributed by atoms with Gasteiger partial charge in [-0.1, -0.05) is 0 Å². The SMILES string of the molecule is Cc1cc(C(=O)Nc2ccc(F)cc2)c(C)n1C1CC1. The topological polar surface area (TPSA) is 34.0 Å². The van der Waals surface area contributed by atoms with Crippen molar-refractivity contribution in [2.75, 3.05) is 5.32 Å². The maximum absolute atomic E-state index is 12.8. The molecule has 3 nitrogen and oxygen atoms in total. The van der Waals surface area contributed by atoms with Gasteiger partial charge in [0.2, 0.25) is 0 Å². The Bertz CT molecular complexity index is 654. The van der Waals surface area contributed by atoms with Gasteiger partial charge >= 0.3 is 0 Å². The summed E-state index contributed by atoms with van der Waals surface area (Å²) >= 11 is 0. The van der Waals surface area contributed by atoms with Gasteiger partial charge < -0.3 is 9.88 Å². The lowest BCUT2D eigenvalue weighted by Gasteiger charge is -2.08. The van der Waals surface area contributed by atoms with Crippen molar-refractivity contribution in [2.24, 2.45) is 0 Å². The summed E-state index contributed by atoms with van der Waals surface area (Å²) in [6.45, 7) is 4.00. The van der Waals surface area contributed by atoms with E-state index in [0.717, 1.165) is 11.4 Å². The van der Waals surface area contributed by atoms with Crippen molar-refractivity contribution < 1.29 is 9.18 Å².